The van der Waals surface area contributed by atoms with Crippen molar-refractivity contribution in [2.24, 2.45) is 34.5 Å². The van der Waals surface area contributed by atoms with Crippen LogP contribution in [0.15, 0.2) is 0 Å². The molecule has 7 heteroatoms. The first kappa shape index (κ1) is 21.3. The normalized spacial score (nSPS) is 61.6. The van der Waals surface area contributed by atoms with E-state index in [0.717, 1.165) is 32.4 Å². The van der Waals surface area contributed by atoms with E-state index < -0.39 is 28.6 Å². The minimum absolute atomic E-state index is 0.0106. The van der Waals surface area contributed by atoms with Gasteiger partial charge in [0.05, 0.1) is 36.1 Å². The van der Waals surface area contributed by atoms with Crippen LogP contribution in [0.3, 0.4) is 0 Å². The van der Waals surface area contributed by atoms with Gasteiger partial charge in [0, 0.05) is 68.9 Å². The zero-order valence-electron chi connectivity index (χ0n) is 19.3. The predicted molar refractivity (Wildman–Crippen MR) is 112 cm³/mol. The van der Waals surface area contributed by atoms with Gasteiger partial charge in [-0.25, -0.2) is 0 Å². The SMILES string of the molecule is CCN1C[C@@]2(COC)CC[C@@H](OC)[C@@]34[C@@H]1[C@@H](C[C@@H]23)[C@]1(O)C[C@@H](OC)[C@@H]2C[C@@]4(O)[C@H]1[C@H]2O. The molecule has 176 valence electrons. The van der Waals surface area contributed by atoms with Gasteiger partial charge in [0.25, 0.3) is 0 Å². The van der Waals surface area contributed by atoms with Crippen molar-refractivity contribution in [3.8, 4) is 0 Å². The third kappa shape index (κ3) is 2.04. The van der Waals surface area contributed by atoms with Crippen LogP contribution in [0.25, 0.3) is 0 Å². The van der Waals surface area contributed by atoms with E-state index in [1.807, 2.05) is 0 Å². The Labute approximate surface area is 185 Å². The van der Waals surface area contributed by atoms with Gasteiger partial charge in [-0.15, -0.1) is 0 Å². The molecular formula is C24H39NO6. The van der Waals surface area contributed by atoms with Gasteiger partial charge in [-0.1, -0.05) is 6.92 Å². The molecule has 6 fully saturated rings. The van der Waals surface area contributed by atoms with Crippen LogP contribution in [0, 0.1) is 34.5 Å². The lowest BCUT2D eigenvalue weighted by atomic mass is 9.41. The molecule has 1 heterocycles. The fourth-order valence-corrected chi connectivity index (χ4v) is 10.7. The minimum Gasteiger partial charge on any atom is -0.392 e. The number of likely N-dealkylation sites (tertiary alicyclic amines) is 1. The van der Waals surface area contributed by atoms with E-state index in [1.165, 1.54) is 0 Å². The number of aliphatic hydroxyl groups excluding tert-OH is 1. The van der Waals surface area contributed by atoms with Gasteiger partial charge >= 0.3 is 0 Å². The van der Waals surface area contributed by atoms with Crippen LogP contribution in [0.4, 0.5) is 0 Å². The Kier molecular flexibility index (Phi) is 4.41. The van der Waals surface area contributed by atoms with Gasteiger partial charge in [-0.3, -0.25) is 4.90 Å². The van der Waals surface area contributed by atoms with Gasteiger partial charge in [-0.05, 0) is 38.1 Å². The Morgan fingerprint density at radius 1 is 1.10 bits per heavy atom. The molecule has 5 saturated carbocycles. The zero-order chi connectivity index (χ0) is 22.0. The second-order valence-corrected chi connectivity index (χ2v) is 11.6. The van der Waals surface area contributed by atoms with Gasteiger partial charge in [0.1, 0.15) is 0 Å². The van der Waals surface area contributed by atoms with E-state index in [2.05, 4.69) is 11.8 Å². The first-order valence-electron chi connectivity index (χ1n) is 12.2. The Morgan fingerprint density at radius 3 is 2.52 bits per heavy atom. The number of hydrogen-bond acceptors (Lipinski definition) is 7. The molecule has 1 spiro atoms. The molecule has 0 unspecified atom stereocenters. The summed E-state index contributed by atoms with van der Waals surface area (Å²) in [4.78, 5) is 2.52. The summed E-state index contributed by atoms with van der Waals surface area (Å²) in [5, 5.41) is 36.6. The summed E-state index contributed by atoms with van der Waals surface area (Å²) < 4.78 is 17.8. The van der Waals surface area contributed by atoms with Crippen LogP contribution >= 0.6 is 0 Å². The smallest absolute Gasteiger partial charge is 0.0831 e. The van der Waals surface area contributed by atoms with Crippen molar-refractivity contribution < 1.29 is 29.5 Å². The summed E-state index contributed by atoms with van der Waals surface area (Å²) in [5.41, 5.74) is -2.88. The average Bonchev–Trinajstić information content (AvgIpc) is 3.14. The number of ether oxygens (including phenoxy) is 3. The molecular weight excluding hydrogens is 398 g/mol. The van der Waals surface area contributed by atoms with Gasteiger partial charge < -0.3 is 29.5 Å². The van der Waals surface area contributed by atoms with Crippen molar-refractivity contribution in [1.29, 1.82) is 0 Å². The summed E-state index contributed by atoms with van der Waals surface area (Å²) in [5.74, 6) is -0.497. The van der Waals surface area contributed by atoms with Crippen LogP contribution in [-0.4, -0.2) is 96.8 Å². The van der Waals surface area contributed by atoms with Crippen molar-refractivity contribution in [3.63, 3.8) is 0 Å². The molecule has 12 atom stereocenters. The molecule has 1 saturated heterocycles. The molecule has 31 heavy (non-hydrogen) atoms. The third-order valence-corrected chi connectivity index (χ3v) is 11.2. The Balaban J connectivity index is 1.63. The standard InChI is InChI=1S/C24H39NO6/c1-5-25-11-21(12-29-2)7-6-17(31-4)24-16(21)8-14(20(24)25)22(27)10-15(30-3)13-9-23(24,28)19(22)18(13)26/h13-20,26-28H,5-12H2,1-4H3/t13-,14+,15+,16-,17+,18-,19-,20-,21+,22+,23+,24+/m0/s1. The highest BCUT2D eigenvalue weighted by molar-refractivity contribution is 5.38. The number of rotatable bonds is 5. The van der Waals surface area contributed by atoms with Crippen molar-refractivity contribution in [1.82, 2.24) is 4.90 Å². The van der Waals surface area contributed by atoms with Gasteiger partial charge in [0.15, 0.2) is 0 Å². The van der Waals surface area contributed by atoms with E-state index in [4.69, 9.17) is 14.2 Å². The van der Waals surface area contributed by atoms with Crippen LogP contribution < -0.4 is 0 Å². The average molecular weight is 438 g/mol. The highest BCUT2D eigenvalue weighted by Gasteiger charge is 2.88. The summed E-state index contributed by atoms with van der Waals surface area (Å²) >= 11 is 0. The molecule has 0 aromatic heterocycles. The molecule has 7 bridgehead atoms. The molecule has 7 nitrogen and oxygen atoms in total. The highest BCUT2D eigenvalue weighted by Crippen LogP contribution is 2.80. The van der Waals surface area contributed by atoms with Crippen LogP contribution in [0.1, 0.15) is 39.0 Å². The highest BCUT2D eigenvalue weighted by atomic mass is 16.5. The van der Waals surface area contributed by atoms with E-state index in [9.17, 15) is 15.3 Å². The van der Waals surface area contributed by atoms with Crippen LogP contribution in [-0.2, 0) is 14.2 Å². The van der Waals surface area contributed by atoms with Crippen LogP contribution in [0.5, 0.6) is 0 Å². The maximum absolute atomic E-state index is 12.8. The first-order chi connectivity index (χ1) is 14.8. The minimum atomic E-state index is -1.19. The molecule has 0 aromatic carbocycles. The molecule has 3 N–H and O–H groups in total. The Hall–Kier alpha value is -0.280. The monoisotopic (exact) mass is 437 g/mol. The van der Waals surface area contributed by atoms with E-state index in [1.54, 1.807) is 21.3 Å². The van der Waals surface area contributed by atoms with Crippen molar-refractivity contribution in [3.05, 3.63) is 0 Å². The third-order valence-electron chi connectivity index (χ3n) is 11.2. The Bertz CT molecular complexity index is 766. The largest absolute Gasteiger partial charge is 0.392 e. The quantitative estimate of drug-likeness (QED) is 0.582. The molecule has 5 aliphatic carbocycles. The molecule has 1 aliphatic heterocycles. The number of fused-ring (bicyclic) bond motifs is 2. The number of hydrogen-bond donors (Lipinski definition) is 3. The van der Waals surface area contributed by atoms with E-state index >= 15 is 0 Å². The van der Waals surface area contributed by atoms with Crippen molar-refractivity contribution in [2.75, 3.05) is 41.0 Å². The maximum atomic E-state index is 12.8. The number of piperidine rings is 1. The van der Waals surface area contributed by atoms with E-state index in [-0.39, 0.29) is 41.4 Å². The fourth-order valence-electron chi connectivity index (χ4n) is 10.7. The van der Waals surface area contributed by atoms with Gasteiger partial charge in [0.2, 0.25) is 0 Å². The number of nitrogens with zero attached hydrogens (tertiary/aromatic N) is 1. The van der Waals surface area contributed by atoms with E-state index in [0.29, 0.717) is 19.4 Å². The van der Waals surface area contributed by atoms with Crippen LogP contribution in [0.2, 0.25) is 0 Å². The maximum Gasteiger partial charge on any atom is 0.0831 e. The lowest BCUT2D eigenvalue weighted by Gasteiger charge is -2.71. The zero-order valence-corrected chi connectivity index (χ0v) is 19.3. The summed E-state index contributed by atoms with van der Waals surface area (Å²) in [7, 11) is 5.23. The Morgan fingerprint density at radius 2 is 1.87 bits per heavy atom. The second-order valence-electron chi connectivity index (χ2n) is 11.6. The first-order valence-corrected chi connectivity index (χ1v) is 12.2. The summed E-state index contributed by atoms with van der Waals surface area (Å²) in [6.45, 7) is 4.66. The number of aliphatic hydroxyl groups is 3. The summed E-state index contributed by atoms with van der Waals surface area (Å²) in [6.07, 6.45) is 2.64. The molecule has 0 aromatic rings. The lowest BCUT2D eigenvalue weighted by molar-refractivity contribution is -0.328. The molecule has 6 rings (SSSR count). The van der Waals surface area contributed by atoms with Crippen molar-refractivity contribution >= 4 is 0 Å². The number of methoxy groups -OCH3 is 3. The van der Waals surface area contributed by atoms with Gasteiger partial charge in [-0.2, -0.15) is 0 Å². The lowest BCUT2D eigenvalue weighted by Crippen LogP contribution is -2.82. The van der Waals surface area contributed by atoms with Crippen molar-refractivity contribution in [2.45, 2.75) is 74.6 Å². The summed E-state index contributed by atoms with van der Waals surface area (Å²) in [6, 6.07) is 0.0468. The second kappa shape index (κ2) is 6.44. The molecule has 6 aliphatic rings. The topological polar surface area (TPSA) is 91.6 Å². The predicted octanol–water partition coefficient (Wildman–Crippen LogP) is 0.646. The molecule has 0 radical (unpaired) electrons. The molecule has 0 amide bonds. The fraction of sp³-hybridized carbons (Fsp3) is 1.00.